The van der Waals surface area contributed by atoms with Gasteiger partial charge in [-0.1, -0.05) is 13.8 Å². The monoisotopic (exact) mass is 282 g/mol. The van der Waals surface area contributed by atoms with Gasteiger partial charge in [-0.3, -0.25) is 4.79 Å². The maximum absolute atomic E-state index is 11.9. The summed E-state index contributed by atoms with van der Waals surface area (Å²) < 4.78 is 5.78. The lowest BCUT2D eigenvalue weighted by Crippen LogP contribution is -2.40. The summed E-state index contributed by atoms with van der Waals surface area (Å²) in [6.45, 7) is 7.27. The number of rotatable bonds is 5. The van der Waals surface area contributed by atoms with Gasteiger partial charge in [0.05, 0.1) is 12.7 Å². The summed E-state index contributed by atoms with van der Waals surface area (Å²) in [7, 11) is 0. The topological polar surface area (TPSA) is 50.4 Å². The van der Waals surface area contributed by atoms with Gasteiger partial charge in [0, 0.05) is 12.5 Å². The third kappa shape index (κ3) is 5.41. The van der Waals surface area contributed by atoms with Crippen LogP contribution < -0.4 is 10.6 Å². The van der Waals surface area contributed by atoms with Crippen LogP contribution in [0.5, 0.6) is 0 Å². The molecule has 1 saturated heterocycles. The maximum Gasteiger partial charge on any atom is 0.222 e. The highest BCUT2D eigenvalue weighted by atomic mass is 16.5. The lowest BCUT2D eigenvalue weighted by Gasteiger charge is -2.34. The van der Waals surface area contributed by atoms with E-state index in [2.05, 4.69) is 24.5 Å². The van der Waals surface area contributed by atoms with Gasteiger partial charge >= 0.3 is 0 Å². The van der Waals surface area contributed by atoms with Gasteiger partial charge in [0.15, 0.2) is 0 Å². The van der Waals surface area contributed by atoms with Crippen molar-refractivity contribution in [3.8, 4) is 0 Å². The highest BCUT2D eigenvalue weighted by Crippen LogP contribution is 2.34. The zero-order valence-electron chi connectivity index (χ0n) is 13.0. The van der Waals surface area contributed by atoms with Crippen molar-refractivity contribution in [1.82, 2.24) is 10.6 Å². The molecule has 2 N–H and O–H groups in total. The zero-order valence-corrected chi connectivity index (χ0v) is 13.0. The Morgan fingerprint density at radius 3 is 2.50 bits per heavy atom. The molecule has 2 aliphatic rings. The zero-order chi connectivity index (χ0) is 14.4. The van der Waals surface area contributed by atoms with Gasteiger partial charge in [-0.25, -0.2) is 0 Å². The van der Waals surface area contributed by atoms with Crippen molar-refractivity contribution in [2.75, 3.05) is 19.7 Å². The van der Waals surface area contributed by atoms with Crippen LogP contribution in [0.3, 0.4) is 0 Å². The Bertz CT molecular complexity index is 302. The normalized spacial score (nSPS) is 24.5. The number of hydrogen-bond acceptors (Lipinski definition) is 3. The molecule has 0 radical (unpaired) electrons. The molecule has 2 rings (SSSR count). The molecular formula is C16H30N2O2. The van der Waals surface area contributed by atoms with Gasteiger partial charge in [-0.2, -0.15) is 0 Å². The Hall–Kier alpha value is -0.610. The van der Waals surface area contributed by atoms with Crippen LogP contribution in [0.4, 0.5) is 0 Å². The summed E-state index contributed by atoms with van der Waals surface area (Å²) in [5, 5.41) is 6.48. The first-order valence-corrected chi connectivity index (χ1v) is 8.17. The third-order valence-corrected chi connectivity index (χ3v) is 4.67. The summed E-state index contributed by atoms with van der Waals surface area (Å²) in [5.41, 5.74) is 0.458. The highest BCUT2D eigenvalue weighted by molar-refractivity contribution is 5.76. The number of nitrogens with one attached hydrogen (secondary N) is 2. The van der Waals surface area contributed by atoms with E-state index in [0.717, 1.165) is 38.8 Å². The predicted octanol–water partition coefficient (Wildman–Crippen LogP) is 2.23. The van der Waals surface area contributed by atoms with Gasteiger partial charge in [0.2, 0.25) is 5.91 Å². The molecule has 0 unspecified atom stereocenters. The fourth-order valence-electron chi connectivity index (χ4n) is 3.12. The van der Waals surface area contributed by atoms with E-state index in [-0.39, 0.29) is 5.91 Å². The minimum Gasteiger partial charge on any atom is -0.378 e. The van der Waals surface area contributed by atoms with E-state index in [1.165, 1.54) is 12.8 Å². The van der Waals surface area contributed by atoms with Crippen molar-refractivity contribution in [1.29, 1.82) is 0 Å². The number of piperidine rings is 1. The summed E-state index contributed by atoms with van der Waals surface area (Å²) in [6.07, 6.45) is 7.65. The Labute approximate surface area is 123 Å². The number of carbonyl (C=O) groups is 1. The summed E-state index contributed by atoms with van der Waals surface area (Å²) >= 11 is 0. The molecule has 4 nitrogen and oxygen atoms in total. The Balaban J connectivity index is 1.56. The minimum absolute atomic E-state index is 0.156. The van der Waals surface area contributed by atoms with Crippen LogP contribution in [0.1, 0.15) is 58.8 Å². The van der Waals surface area contributed by atoms with Gasteiger partial charge in [-0.15, -0.1) is 0 Å². The molecule has 1 aliphatic heterocycles. The molecule has 1 heterocycles. The van der Waals surface area contributed by atoms with Crippen LogP contribution in [0, 0.1) is 5.41 Å². The van der Waals surface area contributed by atoms with Crippen LogP contribution in [-0.2, 0) is 9.53 Å². The van der Waals surface area contributed by atoms with Crippen LogP contribution in [-0.4, -0.2) is 37.7 Å². The van der Waals surface area contributed by atoms with Crippen LogP contribution in [0.15, 0.2) is 0 Å². The van der Waals surface area contributed by atoms with Crippen molar-refractivity contribution < 1.29 is 9.53 Å². The first-order chi connectivity index (χ1) is 9.55. The largest absolute Gasteiger partial charge is 0.378 e. The molecule has 1 aliphatic carbocycles. The van der Waals surface area contributed by atoms with E-state index < -0.39 is 0 Å². The molecule has 0 atom stereocenters. The second kappa shape index (κ2) is 7.41. The third-order valence-electron chi connectivity index (χ3n) is 4.67. The standard InChI is InChI=1S/C16H30N2O2/c1-16(2)8-3-13(4-9-16)18-15(19)7-12-20-14-5-10-17-11-6-14/h13-14,17H,3-12H2,1-2H3,(H,18,19). The second-order valence-corrected chi connectivity index (χ2v) is 7.08. The van der Waals surface area contributed by atoms with E-state index in [4.69, 9.17) is 4.74 Å². The quantitative estimate of drug-likeness (QED) is 0.813. The smallest absolute Gasteiger partial charge is 0.222 e. The Morgan fingerprint density at radius 1 is 1.20 bits per heavy atom. The maximum atomic E-state index is 11.9. The van der Waals surface area contributed by atoms with Crippen molar-refractivity contribution in [3.63, 3.8) is 0 Å². The summed E-state index contributed by atoms with van der Waals surface area (Å²) in [4.78, 5) is 11.9. The molecule has 0 aromatic carbocycles. The number of amides is 1. The van der Waals surface area contributed by atoms with Crippen LogP contribution in [0.25, 0.3) is 0 Å². The van der Waals surface area contributed by atoms with E-state index in [1.54, 1.807) is 0 Å². The predicted molar refractivity (Wildman–Crippen MR) is 80.6 cm³/mol. The van der Waals surface area contributed by atoms with Crippen molar-refractivity contribution >= 4 is 5.91 Å². The first kappa shape index (κ1) is 15.8. The highest BCUT2D eigenvalue weighted by Gasteiger charge is 2.27. The minimum atomic E-state index is 0.156. The molecule has 4 heteroatoms. The number of carbonyl (C=O) groups excluding carboxylic acids is 1. The van der Waals surface area contributed by atoms with E-state index in [0.29, 0.717) is 30.6 Å². The van der Waals surface area contributed by atoms with Crippen molar-refractivity contribution in [3.05, 3.63) is 0 Å². The van der Waals surface area contributed by atoms with E-state index in [1.807, 2.05) is 0 Å². The Morgan fingerprint density at radius 2 is 1.85 bits per heavy atom. The van der Waals surface area contributed by atoms with Crippen LogP contribution in [0.2, 0.25) is 0 Å². The molecule has 20 heavy (non-hydrogen) atoms. The van der Waals surface area contributed by atoms with Crippen LogP contribution >= 0.6 is 0 Å². The molecule has 0 spiro atoms. The number of ether oxygens (including phenoxy) is 1. The number of hydrogen-bond donors (Lipinski definition) is 2. The van der Waals surface area contributed by atoms with Gasteiger partial charge < -0.3 is 15.4 Å². The summed E-state index contributed by atoms with van der Waals surface area (Å²) in [6, 6.07) is 0.384. The fraction of sp³-hybridized carbons (Fsp3) is 0.938. The Kier molecular flexibility index (Phi) is 5.85. The molecule has 1 saturated carbocycles. The second-order valence-electron chi connectivity index (χ2n) is 7.08. The fourth-order valence-corrected chi connectivity index (χ4v) is 3.12. The van der Waals surface area contributed by atoms with E-state index in [9.17, 15) is 4.79 Å². The van der Waals surface area contributed by atoms with Gasteiger partial charge in [-0.05, 0) is 57.0 Å². The molecule has 0 aromatic heterocycles. The van der Waals surface area contributed by atoms with Crippen molar-refractivity contribution in [2.45, 2.75) is 70.9 Å². The van der Waals surface area contributed by atoms with Gasteiger partial charge in [0.1, 0.15) is 0 Å². The molecule has 0 aromatic rings. The summed E-state index contributed by atoms with van der Waals surface area (Å²) in [5.74, 6) is 0.156. The molecule has 1 amide bonds. The molecule has 116 valence electrons. The lowest BCUT2D eigenvalue weighted by atomic mass is 9.75. The molecular weight excluding hydrogens is 252 g/mol. The van der Waals surface area contributed by atoms with Crippen molar-refractivity contribution in [2.24, 2.45) is 5.41 Å². The lowest BCUT2D eigenvalue weighted by molar-refractivity contribution is -0.123. The average molecular weight is 282 g/mol. The molecule has 0 bridgehead atoms. The first-order valence-electron chi connectivity index (χ1n) is 8.17. The average Bonchev–Trinajstić information content (AvgIpc) is 2.42. The molecule has 2 fully saturated rings. The SMILES string of the molecule is CC1(C)CCC(NC(=O)CCOC2CCNCC2)CC1. The van der Waals surface area contributed by atoms with E-state index >= 15 is 0 Å². The van der Waals surface area contributed by atoms with Gasteiger partial charge in [0.25, 0.3) is 0 Å².